The van der Waals surface area contributed by atoms with Gasteiger partial charge in [-0.25, -0.2) is 19.9 Å². The zero-order valence-corrected chi connectivity index (χ0v) is 12.7. The van der Waals surface area contributed by atoms with E-state index in [1.807, 2.05) is 6.07 Å². The van der Waals surface area contributed by atoms with E-state index in [1.165, 1.54) is 18.1 Å². The van der Waals surface area contributed by atoms with Gasteiger partial charge < -0.3 is 10.3 Å². The fourth-order valence-electron chi connectivity index (χ4n) is 2.15. The molecule has 3 aromatic heterocycles. The summed E-state index contributed by atoms with van der Waals surface area (Å²) in [4.78, 5) is 20.2. The van der Waals surface area contributed by atoms with Crippen molar-refractivity contribution in [2.24, 2.45) is 0 Å². The van der Waals surface area contributed by atoms with Gasteiger partial charge in [0.25, 0.3) is 0 Å². The number of rotatable bonds is 5. The molecular weight excluding hydrogens is 284 g/mol. The summed E-state index contributed by atoms with van der Waals surface area (Å²) < 4.78 is 0. The van der Waals surface area contributed by atoms with Gasteiger partial charge in [-0.2, -0.15) is 0 Å². The molecular formula is C14H16N6S. The molecule has 21 heavy (non-hydrogen) atoms. The molecule has 0 amide bonds. The van der Waals surface area contributed by atoms with Crippen molar-refractivity contribution in [1.29, 1.82) is 0 Å². The highest BCUT2D eigenvalue weighted by Crippen LogP contribution is 2.32. The van der Waals surface area contributed by atoms with Crippen LogP contribution in [0.4, 0.5) is 0 Å². The Morgan fingerprint density at radius 2 is 2.14 bits per heavy atom. The Morgan fingerprint density at radius 1 is 1.24 bits per heavy atom. The molecule has 0 spiro atoms. The van der Waals surface area contributed by atoms with E-state index in [-0.39, 0.29) is 6.04 Å². The topological polar surface area (TPSA) is 79.4 Å². The molecule has 0 bridgehead atoms. The van der Waals surface area contributed by atoms with Crippen LogP contribution in [0.3, 0.4) is 0 Å². The minimum Gasteiger partial charge on any atom is -0.341 e. The summed E-state index contributed by atoms with van der Waals surface area (Å²) >= 11 is 1.53. The molecule has 108 valence electrons. The Bertz CT molecular complexity index is 741. The van der Waals surface area contributed by atoms with Gasteiger partial charge in [0, 0.05) is 17.8 Å². The first kappa shape index (κ1) is 14.0. The molecule has 0 saturated carbocycles. The highest BCUT2D eigenvalue weighted by molar-refractivity contribution is 7.99. The van der Waals surface area contributed by atoms with Crippen molar-refractivity contribution >= 4 is 22.9 Å². The minimum absolute atomic E-state index is 0.241. The number of aromatic nitrogens is 5. The maximum atomic E-state index is 4.50. The molecule has 0 aliphatic carbocycles. The first-order chi connectivity index (χ1) is 10.3. The summed E-state index contributed by atoms with van der Waals surface area (Å²) in [5.74, 6) is 0. The third-order valence-electron chi connectivity index (χ3n) is 3.16. The van der Waals surface area contributed by atoms with E-state index in [4.69, 9.17) is 0 Å². The predicted molar refractivity (Wildman–Crippen MR) is 82.1 cm³/mol. The second-order valence-corrected chi connectivity index (χ2v) is 5.54. The Hall–Kier alpha value is -1.99. The van der Waals surface area contributed by atoms with Crippen LogP contribution in [0.1, 0.15) is 25.5 Å². The second-order valence-electron chi connectivity index (χ2n) is 4.56. The number of nitrogens with zero attached hydrogens (tertiary/aromatic N) is 4. The fourth-order valence-corrected chi connectivity index (χ4v) is 3.16. The molecule has 0 radical (unpaired) electrons. The van der Waals surface area contributed by atoms with Crippen LogP contribution in [0.25, 0.3) is 11.2 Å². The number of pyridine rings is 1. The molecule has 0 aliphatic heterocycles. The lowest BCUT2D eigenvalue weighted by molar-refractivity contribution is 0.585. The SMILES string of the molecule is CCNC(C)c1cccnc1Sc1ncnc2nc[nH]c12. The van der Waals surface area contributed by atoms with E-state index < -0.39 is 0 Å². The summed E-state index contributed by atoms with van der Waals surface area (Å²) in [6, 6.07) is 4.29. The lowest BCUT2D eigenvalue weighted by Crippen LogP contribution is -2.18. The zero-order chi connectivity index (χ0) is 14.7. The molecule has 3 aromatic rings. The Balaban J connectivity index is 1.96. The molecule has 0 fully saturated rings. The fraction of sp³-hybridized carbons (Fsp3) is 0.286. The maximum absolute atomic E-state index is 4.50. The number of nitrogens with one attached hydrogen (secondary N) is 2. The number of aromatic amines is 1. The number of imidazole rings is 1. The largest absolute Gasteiger partial charge is 0.341 e. The summed E-state index contributed by atoms with van der Waals surface area (Å²) in [5.41, 5.74) is 2.68. The van der Waals surface area contributed by atoms with Crippen LogP contribution in [-0.2, 0) is 0 Å². The lowest BCUT2D eigenvalue weighted by atomic mass is 10.1. The van der Waals surface area contributed by atoms with Gasteiger partial charge in [-0.15, -0.1) is 0 Å². The smallest absolute Gasteiger partial charge is 0.181 e. The number of hydrogen-bond donors (Lipinski definition) is 2. The molecule has 7 heteroatoms. The number of fused-ring (bicyclic) bond motifs is 1. The summed E-state index contributed by atoms with van der Waals surface area (Å²) in [6.07, 6.45) is 4.96. The van der Waals surface area contributed by atoms with Gasteiger partial charge in [0.05, 0.1) is 6.33 Å². The Morgan fingerprint density at radius 3 is 3.00 bits per heavy atom. The van der Waals surface area contributed by atoms with Gasteiger partial charge in [0.1, 0.15) is 21.9 Å². The van der Waals surface area contributed by atoms with E-state index >= 15 is 0 Å². The highest BCUT2D eigenvalue weighted by Gasteiger charge is 2.14. The molecule has 1 unspecified atom stereocenters. The van der Waals surface area contributed by atoms with Crippen molar-refractivity contribution < 1.29 is 0 Å². The Labute approximate surface area is 126 Å². The van der Waals surface area contributed by atoms with Crippen molar-refractivity contribution in [3.05, 3.63) is 36.5 Å². The van der Waals surface area contributed by atoms with E-state index in [0.717, 1.165) is 27.7 Å². The number of hydrogen-bond acceptors (Lipinski definition) is 6. The molecule has 0 aliphatic rings. The van der Waals surface area contributed by atoms with Gasteiger partial charge >= 0.3 is 0 Å². The van der Waals surface area contributed by atoms with Crippen molar-refractivity contribution in [3.8, 4) is 0 Å². The summed E-state index contributed by atoms with van der Waals surface area (Å²) in [7, 11) is 0. The van der Waals surface area contributed by atoms with Crippen LogP contribution >= 0.6 is 11.8 Å². The molecule has 3 rings (SSSR count). The highest BCUT2D eigenvalue weighted by atomic mass is 32.2. The Kier molecular flexibility index (Phi) is 4.12. The van der Waals surface area contributed by atoms with Crippen LogP contribution in [-0.4, -0.2) is 31.5 Å². The third-order valence-corrected chi connectivity index (χ3v) is 4.20. The van der Waals surface area contributed by atoms with Crippen molar-refractivity contribution in [2.75, 3.05) is 6.54 Å². The monoisotopic (exact) mass is 300 g/mol. The summed E-state index contributed by atoms with van der Waals surface area (Å²) in [6.45, 7) is 5.15. The van der Waals surface area contributed by atoms with Gasteiger partial charge in [-0.05, 0) is 31.3 Å². The molecule has 0 aromatic carbocycles. The summed E-state index contributed by atoms with van der Waals surface area (Å²) in [5, 5.41) is 5.19. The van der Waals surface area contributed by atoms with E-state index in [1.54, 1.807) is 12.5 Å². The first-order valence-electron chi connectivity index (χ1n) is 6.79. The normalized spacial score (nSPS) is 12.7. The van der Waals surface area contributed by atoms with Gasteiger partial charge in [0.2, 0.25) is 0 Å². The molecule has 1 atom stereocenters. The van der Waals surface area contributed by atoms with Crippen LogP contribution in [0.15, 0.2) is 41.0 Å². The van der Waals surface area contributed by atoms with Crippen LogP contribution in [0.5, 0.6) is 0 Å². The van der Waals surface area contributed by atoms with E-state index in [2.05, 4.69) is 50.2 Å². The standard InChI is InChI=1S/C14H16N6S/c1-3-15-9(2)10-5-4-6-16-13(10)21-14-11-12(18-7-17-11)19-8-20-14/h4-9,15H,3H2,1-2H3,(H,17,18,19,20). The van der Waals surface area contributed by atoms with E-state index in [0.29, 0.717) is 5.65 Å². The predicted octanol–water partition coefficient (Wildman–Crippen LogP) is 2.57. The van der Waals surface area contributed by atoms with Crippen molar-refractivity contribution in [2.45, 2.75) is 29.9 Å². The second kappa shape index (κ2) is 6.19. The average molecular weight is 300 g/mol. The zero-order valence-electron chi connectivity index (χ0n) is 11.9. The molecule has 2 N–H and O–H groups in total. The van der Waals surface area contributed by atoms with Crippen molar-refractivity contribution in [3.63, 3.8) is 0 Å². The average Bonchev–Trinajstić information content (AvgIpc) is 2.97. The minimum atomic E-state index is 0.241. The molecule has 0 saturated heterocycles. The molecule has 6 nitrogen and oxygen atoms in total. The maximum Gasteiger partial charge on any atom is 0.181 e. The van der Waals surface area contributed by atoms with Crippen LogP contribution in [0, 0.1) is 0 Å². The van der Waals surface area contributed by atoms with Crippen LogP contribution in [0.2, 0.25) is 0 Å². The van der Waals surface area contributed by atoms with Gasteiger partial charge in [-0.1, -0.05) is 13.0 Å². The van der Waals surface area contributed by atoms with Gasteiger partial charge in [-0.3, -0.25) is 0 Å². The van der Waals surface area contributed by atoms with Crippen LogP contribution < -0.4 is 5.32 Å². The first-order valence-corrected chi connectivity index (χ1v) is 7.61. The number of H-pyrrole nitrogens is 1. The third kappa shape index (κ3) is 2.88. The van der Waals surface area contributed by atoms with Crippen molar-refractivity contribution in [1.82, 2.24) is 30.2 Å². The quantitative estimate of drug-likeness (QED) is 0.705. The van der Waals surface area contributed by atoms with E-state index in [9.17, 15) is 0 Å². The molecule has 3 heterocycles. The van der Waals surface area contributed by atoms with Gasteiger partial charge in [0.15, 0.2) is 5.65 Å². The lowest BCUT2D eigenvalue weighted by Gasteiger charge is -2.15.